The number of nitrogens with two attached hydrogens (primary N) is 1. The van der Waals surface area contributed by atoms with Crippen LogP contribution >= 0.6 is 0 Å². The van der Waals surface area contributed by atoms with Crippen LogP contribution in [0.25, 0.3) is 0 Å². The molecule has 0 bridgehead atoms. The second-order valence-electron chi connectivity index (χ2n) is 5.13. The molecule has 1 aliphatic rings. The van der Waals surface area contributed by atoms with Gasteiger partial charge in [-0.3, -0.25) is 0 Å². The van der Waals surface area contributed by atoms with Gasteiger partial charge in [0.2, 0.25) is 0 Å². The Balaban J connectivity index is 2.14. The number of rotatable bonds is 4. The lowest BCUT2D eigenvalue weighted by atomic mass is 9.95. The molecule has 0 amide bonds. The summed E-state index contributed by atoms with van der Waals surface area (Å²) in [5.41, 5.74) is 6.27. The first-order chi connectivity index (χ1) is 10.3. The number of benzene rings is 1. The van der Waals surface area contributed by atoms with Gasteiger partial charge in [-0.1, -0.05) is 11.8 Å². The quantitative estimate of drug-likeness (QED) is 0.864. The minimum absolute atomic E-state index is 0.176. The number of hydrogen-bond donors (Lipinski definition) is 1. The van der Waals surface area contributed by atoms with Crippen molar-refractivity contribution in [1.29, 1.82) is 0 Å². The molecule has 21 heavy (non-hydrogen) atoms. The molecular weight excluding hydrogens is 266 g/mol. The van der Waals surface area contributed by atoms with E-state index in [2.05, 4.69) is 11.8 Å². The van der Waals surface area contributed by atoms with Gasteiger partial charge in [-0.25, -0.2) is 0 Å². The highest BCUT2D eigenvalue weighted by Gasteiger charge is 2.23. The van der Waals surface area contributed by atoms with E-state index in [1.54, 1.807) is 14.2 Å². The fourth-order valence-electron chi connectivity index (χ4n) is 2.59. The van der Waals surface area contributed by atoms with Gasteiger partial charge in [-0.15, -0.1) is 0 Å². The highest BCUT2D eigenvalue weighted by atomic mass is 16.5. The Morgan fingerprint density at radius 1 is 1.24 bits per heavy atom. The van der Waals surface area contributed by atoms with Crippen LogP contribution in [0.1, 0.15) is 31.2 Å². The molecule has 1 aromatic rings. The van der Waals surface area contributed by atoms with Crippen molar-refractivity contribution in [2.24, 2.45) is 5.73 Å². The van der Waals surface area contributed by atoms with Crippen molar-refractivity contribution in [2.45, 2.75) is 37.9 Å². The van der Waals surface area contributed by atoms with Crippen LogP contribution in [-0.4, -0.2) is 33.0 Å². The molecule has 4 heteroatoms. The van der Waals surface area contributed by atoms with Crippen molar-refractivity contribution >= 4 is 0 Å². The fourth-order valence-corrected chi connectivity index (χ4v) is 2.59. The summed E-state index contributed by atoms with van der Waals surface area (Å²) in [6, 6.07) is 5.68. The van der Waals surface area contributed by atoms with Crippen molar-refractivity contribution in [1.82, 2.24) is 0 Å². The summed E-state index contributed by atoms with van der Waals surface area (Å²) in [4.78, 5) is 0. The van der Waals surface area contributed by atoms with E-state index in [0.717, 1.165) is 42.7 Å². The van der Waals surface area contributed by atoms with E-state index in [-0.39, 0.29) is 6.10 Å². The molecule has 2 rings (SSSR count). The van der Waals surface area contributed by atoms with Crippen LogP contribution in [0.15, 0.2) is 18.2 Å². The van der Waals surface area contributed by atoms with Gasteiger partial charge >= 0.3 is 0 Å². The number of ether oxygens (including phenoxy) is 3. The van der Waals surface area contributed by atoms with Gasteiger partial charge in [0.15, 0.2) is 0 Å². The maximum atomic E-state index is 6.14. The van der Waals surface area contributed by atoms with Gasteiger partial charge in [0, 0.05) is 13.5 Å². The molecule has 0 spiro atoms. The average Bonchev–Trinajstić information content (AvgIpc) is 2.54. The molecule has 0 saturated heterocycles. The summed E-state index contributed by atoms with van der Waals surface area (Å²) in [5, 5.41) is 0. The molecule has 0 aromatic heterocycles. The molecule has 1 saturated carbocycles. The maximum absolute atomic E-state index is 6.14. The molecule has 0 heterocycles. The van der Waals surface area contributed by atoms with Crippen LogP contribution in [0.2, 0.25) is 0 Å². The average molecular weight is 289 g/mol. The van der Waals surface area contributed by atoms with Crippen LogP contribution in [0.3, 0.4) is 0 Å². The minimum Gasteiger partial charge on any atom is -0.497 e. The zero-order valence-corrected chi connectivity index (χ0v) is 12.7. The highest BCUT2D eigenvalue weighted by Crippen LogP contribution is 2.29. The summed E-state index contributed by atoms with van der Waals surface area (Å²) >= 11 is 0. The van der Waals surface area contributed by atoms with Gasteiger partial charge in [0.25, 0.3) is 0 Å². The first-order valence-corrected chi connectivity index (χ1v) is 7.33. The van der Waals surface area contributed by atoms with Gasteiger partial charge in [0.1, 0.15) is 17.6 Å². The monoisotopic (exact) mass is 289 g/mol. The lowest BCUT2D eigenvalue weighted by molar-refractivity contribution is 0.0208. The van der Waals surface area contributed by atoms with Gasteiger partial charge in [-0.05, 0) is 37.5 Å². The topological polar surface area (TPSA) is 53.7 Å². The lowest BCUT2D eigenvalue weighted by Gasteiger charge is -2.29. The van der Waals surface area contributed by atoms with E-state index >= 15 is 0 Å². The Morgan fingerprint density at radius 2 is 2.05 bits per heavy atom. The van der Waals surface area contributed by atoms with Crippen LogP contribution in [0.4, 0.5) is 0 Å². The van der Waals surface area contributed by atoms with Gasteiger partial charge < -0.3 is 19.9 Å². The summed E-state index contributed by atoms with van der Waals surface area (Å²) in [6.07, 6.45) is 4.68. The fraction of sp³-hybridized carbons (Fsp3) is 0.529. The zero-order chi connectivity index (χ0) is 15.1. The lowest BCUT2D eigenvalue weighted by Crippen LogP contribution is -2.29. The standard InChI is InChI=1S/C17H23NO3/c1-19-14-6-3-7-16(12-14)21-17-9-8-15(20-2)11-13(17)5-4-10-18/h8-9,11,14,16H,3,6-7,10,12,18H2,1-2H3. The largest absolute Gasteiger partial charge is 0.497 e. The SMILES string of the molecule is COc1ccc(OC2CCCC(OC)C2)c(C#CCN)c1. The molecule has 2 unspecified atom stereocenters. The van der Waals surface area contributed by atoms with Crippen molar-refractivity contribution < 1.29 is 14.2 Å². The molecule has 4 nitrogen and oxygen atoms in total. The second kappa shape index (κ2) is 7.92. The maximum Gasteiger partial charge on any atom is 0.135 e. The molecule has 114 valence electrons. The summed E-state index contributed by atoms with van der Waals surface area (Å²) < 4.78 is 16.8. The highest BCUT2D eigenvalue weighted by molar-refractivity contribution is 5.50. The summed E-state index contributed by atoms with van der Waals surface area (Å²) in [7, 11) is 3.40. The smallest absolute Gasteiger partial charge is 0.135 e. The third-order valence-corrected chi connectivity index (χ3v) is 3.72. The Labute approximate surface area is 126 Å². The third kappa shape index (κ3) is 4.38. The van der Waals surface area contributed by atoms with Crippen LogP contribution in [0.5, 0.6) is 11.5 Å². The molecule has 1 aromatic carbocycles. The third-order valence-electron chi connectivity index (χ3n) is 3.72. The molecule has 0 radical (unpaired) electrons. The number of hydrogen-bond acceptors (Lipinski definition) is 4. The van der Waals surface area contributed by atoms with Crippen molar-refractivity contribution in [3.05, 3.63) is 23.8 Å². The van der Waals surface area contributed by atoms with E-state index < -0.39 is 0 Å². The predicted octanol–water partition coefficient (Wildman–Crippen LogP) is 2.34. The zero-order valence-electron chi connectivity index (χ0n) is 12.7. The van der Waals surface area contributed by atoms with Crippen molar-refractivity contribution in [2.75, 3.05) is 20.8 Å². The van der Waals surface area contributed by atoms with Crippen LogP contribution in [0, 0.1) is 11.8 Å². The second-order valence-corrected chi connectivity index (χ2v) is 5.13. The molecule has 2 atom stereocenters. The molecule has 0 aliphatic heterocycles. The van der Waals surface area contributed by atoms with E-state index in [1.807, 2.05) is 18.2 Å². The van der Waals surface area contributed by atoms with Gasteiger partial charge in [-0.2, -0.15) is 0 Å². The molecule has 2 N–H and O–H groups in total. The first-order valence-electron chi connectivity index (χ1n) is 7.33. The Bertz CT molecular complexity index is 519. The number of methoxy groups -OCH3 is 2. The molecule has 1 aliphatic carbocycles. The summed E-state index contributed by atoms with van der Waals surface area (Å²) in [6.45, 7) is 0.325. The summed E-state index contributed by atoms with van der Waals surface area (Å²) in [5.74, 6) is 7.48. The Morgan fingerprint density at radius 3 is 2.76 bits per heavy atom. The normalized spacial score (nSPS) is 21.3. The van der Waals surface area contributed by atoms with E-state index in [1.165, 1.54) is 0 Å². The minimum atomic E-state index is 0.176. The van der Waals surface area contributed by atoms with Gasteiger partial charge in [0.05, 0.1) is 25.3 Å². The van der Waals surface area contributed by atoms with E-state index in [0.29, 0.717) is 12.6 Å². The molecular formula is C17H23NO3. The molecule has 1 fully saturated rings. The van der Waals surface area contributed by atoms with Crippen molar-refractivity contribution in [3.63, 3.8) is 0 Å². The van der Waals surface area contributed by atoms with Crippen LogP contribution in [-0.2, 0) is 4.74 Å². The Kier molecular flexibility index (Phi) is 5.91. The first kappa shape index (κ1) is 15.7. The van der Waals surface area contributed by atoms with E-state index in [9.17, 15) is 0 Å². The van der Waals surface area contributed by atoms with E-state index in [4.69, 9.17) is 19.9 Å². The predicted molar refractivity (Wildman–Crippen MR) is 82.6 cm³/mol. The Hall–Kier alpha value is -1.70. The van der Waals surface area contributed by atoms with Crippen LogP contribution < -0.4 is 15.2 Å². The van der Waals surface area contributed by atoms with Crippen molar-refractivity contribution in [3.8, 4) is 23.3 Å².